The molecule has 5 nitrogen and oxygen atoms in total. The van der Waals surface area contributed by atoms with Crippen LogP contribution in [0.15, 0.2) is 48.5 Å². The minimum Gasteiger partial charge on any atom is -0.324 e. The van der Waals surface area contributed by atoms with Crippen LogP contribution in [0.2, 0.25) is 0 Å². The average Bonchev–Trinajstić information content (AvgIpc) is 2.61. The molecule has 2 aromatic carbocycles. The van der Waals surface area contributed by atoms with Gasteiger partial charge in [0.1, 0.15) is 13.1 Å². The summed E-state index contributed by atoms with van der Waals surface area (Å²) in [7, 11) is 2.02. The van der Waals surface area contributed by atoms with Crippen molar-refractivity contribution in [1.82, 2.24) is 0 Å². The molecule has 1 heterocycles. The fourth-order valence-corrected chi connectivity index (χ4v) is 3.14. The largest absolute Gasteiger partial charge is 0.324 e. The Kier molecular flexibility index (Phi) is 4.86. The first kappa shape index (κ1) is 17.2. The second-order valence-corrected chi connectivity index (χ2v) is 6.66. The summed E-state index contributed by atoms with van der Waals surface area (Å²) in [6.45, 7) is 4.84. The first-order valence-electron chi connectivity index (χ1n) is 8.54. The van der Waals surface area contributed by atoms with E-state index in [4.69, 9.17) is 0 Å². The number of likely N-dealkylation sites (N-methyl/N-ethyl adjacent to an activating group) is 1. The first-order chi connectivity index (χ1) is 12.0. The number of nitrogens with one attached hydrogen (secondary N) is 2. The fourth-order valence-electron chi connectivity index (χ4n) is 3.14. The predicted molar refractivity (Wildman–Crippen MR) is 98.7 cm³/mol. The molecule has 5 heteroatoms. The Bertz CT molecular complexity index is 803. The van der Waals surface area contributed by atoms with Crippen LogP contribution >= 0.6 is 0 Å². The number of carbonyl (C=O) groups is 2. The maximum Gasteiger partial charge on any atom is 0.285 e. The number of hydrogen-bond acceptors (Lipinski definition) is 2. The number of amides is 2. The van der Waals surface area contributed by atoms with Gasteiger partial charge in [-0.1, -0.05) is 36.4 Å². The molecule has 0 spiro atoms. The van der Waals surface area contributed by atoms with Crippen molar-refractivity contribution in [2.75, 3.05) is 23.8 Å². The molecule has 0 aromatic heterocycles. The predicted octanol–water partition coefficient (Wildman–Crippen LogP) is 1.38. The molecule has 1 aliphatic heterocycles. The van der Waals surface area contributed by atoms with E-state index in [9.17, 15) is 9.59 Å². The molecule has 0 aliphatic carbocycles. The van der Waals surface area contributed by atoms with E-state index < -0.39 is 0 Å². The number of aryl methyl sites for hydroxylation is 1. The number of anilines is 2. The number of rotatable bonds is 4. The van der Waals surface area contributed by atoms with E-state index in [1.807, 2.05) is 50.4 Å². The molecule has 2 amide bonds. The molecule has 0 saturated carbocycles. The van der Waals surface area contributed by atoms with Gasteiger partial charge in [-0.2, -0.15) is 0 Å². The van der Waals surface area contributed by atoms with E-state index in [2.05, 4.69) is 24.4 Å². The molecular weight excluding hydrogens is 314 g/mol. The third kappa shape index (κ3) is 3.56. The van der Waals surface area contributed by atoms with Crippen LogP contribution in [0, 0.1) is 6.92 Å². The fraction of sp³-hybridized carbons (Fsp3) is 0.300. The highest BCUT2D eigenvalue weighted by Crippen LogP contribution is 2.29. The van der Waals surface area contributed by atoms with Crippen LogP contribution in [0.3, 0.4) is 0 Å². The van der Waals surface area contributed by atoms with Crippen LogP contribution in [-0.2, 0) is 16.1 Å². The van der Waals surface area contributed by atoms with Crippen molar-refractivity contribution in [3.8, 4) is 0 Å². The van der Waals surface area contributed by atoms with Gasteiger partial charge in [0.25, 0.3) is 5.91 Å². The summed E-state index contributed by atoms with van der Waals surface area (Å²) in [6.07, 6.45) is 0. The smallest absolute Gasteiger partial charge is 0.285 e. The van der Waals surface area contributed by atoms with E-state index in [1.54, 1.807) is 4.90 Å². The standard InChI is InChI=1S/C20H23N3O2/c1-14-8-4-5-9-16(14)12-22(3)15(2)20(25)23-13-19(24)21-17-10-6-7-11-18(17)23/h4-11,15H,12-13H2,1-3H3,(H,21,24)/p+1/t15-/m1/s1. The summed E-state index contributed by atoms with van der Waals surface area (Å²) >= 11 is 0. The Labute approximate surface area is 148 Å². The van der Waals surface area contributed by atoms with Gasteiger partial charge < -0.3 is 10.2 Å². The second kappa shape index (κ2) is 7.07. The number of para-hydroxylation sites is 2. The van der Waals surface area contributed by atoms with Crippen LogP contribution in [0.5, 0.6) is 0 Å². The molecule has 25 heavy (non-hydrogen) atoms. The lowest BCUT2D eigenvalue weighted by atomic mass is 10.1. The minimum absolute atomic E-state index is 0.0339. The molecule has 2 N–H and O–H groups in total. The molecule has 1 unspecified atom stereocenters. The van der Waals surface area contributed by atoms with Gasteiger partial charge in [-0.05, 0) is 31.5 Å². The molecule has 130 valence electrons. The van der Waals surface area contributed by atoms with E-state index in [0.717, 1.165) is 17.1 Å². The first-order valence-corrected chi connectivity index (χ1v) is 8.54. The topological polar surface area (TPSA) is 53.9 Å². The molecule has 3 rings (SSSR count). The Morgan fingerprint density at radius 1 is 1.20 bits per heavy atom. The molecular formula is C20H24N3O2+. The normalized spacial score (nSPS) is 16.0. The van der Waals surface area contributed by atoms with Crippen molar-refractivity contribution in [3.05, 3.63) is 59.7 Å². The number of benzene rings is 2. The van der Waals surface area contributed by atoms with Crippen molar-refractivity contribution in [3.63, 3.8) is 0 Å². The van der Waals surface area contributed by atoms with Gasteiger partial charge in [-0.15, -0.1) is 0 Å². The Morgan fingerprint density at radius 2 is 1.88 bits per heavy atom. The van der Waals surface area contributed by atoms with Crippen LogP contribution in [0.4, 0.5) is 11.4 Å². The minimum atomic E-state index is -0.251. The van der Waals surface area contributed by atoms with Gasteiger partial charge in [0.15, 0.2) is 6.04 Å². The number of quaternary nitrogens is 1. The zero-order valence-corrected chi connectivity index (χ0v) is 14.9. The molecule has 0 saturated heterocycles. The molecule has 0 bridgehead atoms. The zero-order chi connectivity index (χ0) is 18.0. The summed E-state index contributed by atoms with van der Waals surface area (Å²) in [5.41, 5.74) is 3.92. The van der Waals surface area contributed by atoms with Gasteiger partial charge >= 0.3 is 0 Å². The van der Waals surface area contributed by atoms with E-state index in [1.165, 1.54) is 11.1 Å². The lowest BCUT2D eigenvalue weighted by Gasteiger charge is -2.32. The van der Waals surface area contributed by atoms with Crippen molar-refractivity contribution < 1.29 is 14.5 Å². The van der Waals surface area contributed by atoms with Crippen molar-refractivity contribution in [2.24, 2.45) is 0 Å². The lowest BCUT2D eigenvalue weighted by Crippen LogP contribution is -3.12. The third-order valence-corrected chi connectivity index (χ3v) is 4.88. The summed E-state index contributed by atoms with van der Waals surface area (Å²) < 4.78 is 0. The highest BCUT2D eigenvalue weighted by Gasteiger charge is 2.33. The summed E-state index contributed by atoms with van der Waals surface area (Å²) in [5.74, 6) is -0.191. The third-order valence-electron chi connectivity index (χ3n) is 4.88. The average molecular weight is 338 g/mol. The van der Waals surface area contributed by atoms with Gasteiger partial charge in [0.05, 0.1) is 18.4 Å². The van der Waals surface area contributed by atoms with Gasteiger partial charge in [0, 0.05) is 5.56 Å². The number of fused-ring (bicyclic) bond motifs is 1. The number of nitrogens with zero attached hydrogens (tertiary/aromatic N) is 1. The highest BCUT2D eigenvalue weighted by atomic mass is 16.2. The van der Waals surface area contributed by atoms with Crippen molar-refractivity contribution in [1.29, 1.82) is 0 Å². The second-order valence-electron chi connectivity index (χ2n) is 6.66. The maximum absolute atomic E-state index is 13.0. The molecule has 0 radical (unpaired) electrons. The number of carbonyl (C=O) groups excluding carboxylic acids is 2. The van der Waals surface area contributed by atoms with E-state index in [0.29, 0.717) is 5.69 Å². The van der Waals surface area contributed by atoms with Crippen molar-refractivity contribution >= 4 is 23.2 Å². The van der Waals surface area contributed by atoms with E-state index in [-0.39, 0.29) is 24.4 Å². The molecule has 1 aliphatic rings. The number of hydrogen-bond donors (Lipinski definition) is 2. The quantitative estimate of drug-likeness (QED) is 0.885. The van der Waals surface area contributed by atoms with Gasteiger partial charge in [-0.3, -0.25) is 14.5 Å². The van der Waals surface area contributed by atoms with Crippen molar-refractivity contribution in [2.45, 2.75) is 26.4 Å². The summed E-state index contributed by atoms with van der Waals surface area (Å²) in [5, 5.41) is 2.82. The zero-order valence-electron chi connectivity index (χ0n) is 14.9. The Morgan fingerprint density at radius 3 is 2.64 bits per heavy atom. The SMILES string of the molecule is Cc1ccccc1C[NH+](C)[C@H](C)C(=O)N1CC(=O)Nc2ccccc21. The Balaban J connectivity index is 1.78. The van der Waals surface area contributed by atoms with Gasteiger partial charge in [-0.25, -0.2) is 0 Å². The Hall–Kier alpha value is -2.66. The molecule has 2 aromatic rings. The van der Waals surface area contributed by atoms with Crippen LogP contribution < -0.4 is 15.1 Å². The highest BCUT2D eigenvalue weighted by molar-refractivity contribution is 6.10. The molecule has 0 fully saturated rings. The van der Waals surface area contributed by atoms with Gasteiger partial charge in [0.2, 0.25) is 5.91 Å². The summed E-state index contributed by atoms with van der Waals surface area (Å²) in [4.78, 5) is 27.7. The van der Waals surface area contributed by atoms with Crippen LogP contribution in [0.1, 0.15) is 18.1 Å². The maximum atomic E-state index is 13.0. The monoisotopic (exact) mass is 338 g/mol. The van der Waals surface area contributed by atoms with Crippen LogP contribution in [-0.4, -0.2) is 31.4 Å². The lowest BCUT2D eigenvalue weighted by molar-refractivity contribution is -0.908. The molecule has 2 atom stereocenters. The van der Waals surface area contributed by atoms with Crippen LogP contribution in [0.25, 0.3) is 0 Å². The summed E-state index contributed by atoms with van der Waals surface area (Å²) in [6, 6.07) is 15.4. The van der Waals surface area contributed by atoms with E-state index >= 15 is 0 Å².